The summed E-state index contributed by atoms with van der Waals surface area (Å²) in [7, 11) is 2.35. The number of benzene rings is 2. The Hall–Kier alpha value is -3.00. The van der Waals surface area contributed by atoms with Crippen LogP contribution in [0.2, 0.25) is 0 Å². The van der Waals surface area contributed by atoms with E-state index in [1.807, 2.05) is 0 Å². The maximum absolute atomic E-state index is 12.0. The topological polar surface area (TPSA) is 71.1 Å². The van der Waals surface area contributed by atoms with Crippen molar-refractivity contribution >= 4 is 18.9 Å². The summed E-state index contributed by atoms with van der Waals surface area (Å²) in [5.74, 6) is -0.824. The molecular weight excluding hydrogens is 373 g/mol. The largest absolute Gasteiger partial charge is 0.781 e. The van der Waals surface area contributed by atoms with Gasteiger partial charge in [0.15, 0.2) is 0 Å². The quantitative estimate of drug-likeness (QED) is 0.544. The predicted molar refractivity (Wildman–Crippen MR) is 106 cm³/mol. The average Bonchev–Trinajstić information content (AvgIpc) is 3.16. The zero-order valence-corrected chi connectivity index (χ0v) is 16.6. The van der Waals surface area contributed by atoms with Crippen LogP contribution in [0.15, 0.2) is 48.5 Å². The van der Waals surface area contributed by atoms with Crippen LogP contribution in [0.25, 0.3) is 0 Å². The van der Waals surface area contributed by atoms with E-state index in [0.29, 0.717) is 0 Å². The summed E-state index contributed by atoms with van der Waals surface area (Å²) in [6.45, 7) is 3.46. The first kappa shape index (κ1) is 19.3. The first-order chi connectivity index (χ1) is 13.9. The van der Waals surface area contributed by atoms with E-state index in [9.17, 15) is 9.59 Å². The number of fused-ring (bicyclic) bond motifs is 2. The van der Waals surface area contributed by atoms with Crippen LogP contribution in [-0.2, 0) is 9.31 Å². The van der Waals surface area contributed by atoms with Crippen molar-refractivity contribution < 1.29 is 32.7 Å². The van der Waals surface area contributed by atoms with E-state index in [-0.39, 0.29) is 22.6 Å². The van der Waals surface area contributed by atoms with Crippen LogP contribution < -0.4 is 9.31 Å². The zero-order valence-electron chi connectivity index (χ0n) is 16.6. The van der Waals surface area contributed by atoms with Crippen molar-refractivity contribution in [2.75, 3.05) is 26.7 Å². The van der Waals surface area contributed by atoms with Crippen LogP contribution in [0.5, 0.6) is 11.5 Å². The number of rotatable bonds is 1. The molecule has 0 aromatic heterocycles. The van der Waals surface area contributed by atoms with Crippen LogP contribution in [0, 0.1) is 0 Å². The lowest BCUT2D eigenvalue weighted by Gasteiger charge is -2.45. The molecule has 152 valence electrons. The summed E-state index contributed by atoms with van der Waals surface area (Å²) in [4.78, 5) is 24.0. The molecule has 0 radical (unpaired) electrons. The monoisotopic (exact) mass is 397 g/mol. The minimum Gasteiger partial charge on any atom is -0.610 e. The standard InChI is InChI=1S/C14H8BO6.C7H16N/c16-13-9-5-1-3-7-11(9)18-15(20-13)19-12-8-4-2-6-10(12)14(17)21-15;1-3-8(2)6-4-5-7-8/h1-8H;3-7H2,1-2H3/q-1;+1. The zero-order chi connectivity index (χ0) is 20.5. The number of carbonyl (C=O) groups excluding carboxylic acids is 2. The summed E-state index contributed by atoms with van der Waals surface area (Å²) in [6.07, 6.45) is 2.90. The Kier molecular flexibility index (Phi) is 4.96. The van der Waals surface area contributed by atoms with Crippen LogP contribution in [0.1, 0.15) is 40.5 Å². The van der Waals surface area contributed by atoms with Gasteiger partial charge in [-0.15, -0.1) is 0 Å². The SMILES string of the molecule is CC[N+]1(C)CCCC1.O=C1O[B-]2(OC(=O)c3ccccc3O2)Oc2ccccc21. The van der Waals surface area contributed by atoms with Gasteiger partial charge in [-0.25, -0.2) is 0 Å². The Balaban J connectivity index is 0.000000216. The fourth-order valence-electron chi connectivity index (χ4n) is 3.74. The Bertz CT molecular complexity index is 875. The summed E-state index contributed by atoms with van der Waals surface area (Å²) in [6, 6.07) is 13.0. The molecule has 0 bridgehead atoms. The van der Waals surface area contributed by atoms with Gasteiger partial charge in [0.05, 0.1) is 49.3 Å². The highest BCUT2D eigenvalue weighted by molar-refractivity contribution is 6.61. The van der Waals surface area contributed by atoms with Crippen LogP contribution >= 0.6 is 0 Å². The van der Waals surface area contributed by atoms with E-state index in [2.05, 4.69) is 14.0 Å². The number of nitrogens with zero attached hydrogens (tertiary/aromatic N) is 1. The second-order valence-corrected chi connectivity index (χ2v) is 7.71. The van der Waals surface area contributed by atoms with Gasteiger partial charge in [-0.3, -0.25) is 9.59 Å². The number of likely N-dealkylation sites (tertiary alicyclic amines) is 1. The van der Waals surface area contributed by atoms with Crippen LogP contribution in [-0.4, -0.2) is 50.1 Å². The maximum atomic E-state index is 12.0. The smallest absolute Gasteiger partial charge is 0.610 e. The number of quaternary nitrogens is 1. The molecular formula is C21H24BNO6. The molecule has 5 rings (SSSR count). The number of carbonyl (C=O) groups is 2. The lowest BCUT2D eigenvalue weighted by molar-refractivity contribution is -0.895. The lowest BCUT2D eigenvalue weighted by atomic mass is 9.96. The summed E-state index contributed by atoms with van der Waals surface area (Å²) >= 11 is 0. The second-order valence-electron chi connectivity index (χ2n) is 7.71. The van der Waals surface area contributed by atoms with Crippen molar-refractivity contribution in [3.8, 4) is 11.5 Å². The van der Waals surface area contributed by atoms with Gasteiger partial charge < -0.3 is 23.1 Å². The van der Waals surface area contributed by atoms with Gasteiger partial charge in [-0.05, 0) is 31.2 Å². The van der Waals surface area contributed by atoms with Crippen molar-refractivity contribution in [1.82, 2.24) is 0 Å². The highest BCUT2D eigenvalue weighted by Crippen LogP contribution is 2.35. The van der Waals surface area contributed by atoms with E-state index in [4.69, 9.17) is 18.6 Å². The molecule has 3 aliphatic rings. The van der Waals surface area contributed by atoms with Gasteiger partial charge in [0.1, 0.15) is 0 Å². The molecule has 3 aliphatic heterocycles. The van der Waals surface area contributed by atoms with E-state index in [0.717, 1.165) is 0 Å². The number of hydrogen-bond acceptors (Lipinski definition) is 6. The van der Waals surface area contributed by atoms with Crippen molar-refractivity contribution in [3.63, 3.8) is 0 Å². The molecule has 0 unspecified atom stereocenters. The van der Waals surface area contributed by atoms with Crippen molar-refractivity contribution in [2.45, 2.75) is 19.8 Å². The normalized spacial score (nSPS) is 20.1. The van der Waals surface area contributed by atoms with E-state index in [1.165, 1.54) is 37.0 Å². The highest BCUT2D eigenvalue weighted by Gasteiger charge is 2.52. The molecule has 29 heavy (non-hydrogen) atoms. The van der Waals surface area contributed by atoms with Gasteiger partial charge in [0.2, 0.25) is 0 Å². The number of para-hydroxylation sites is 2. The van der Waals surface area contributed by atoms with E-state index < -0.39 is 18.9 Å². The van der Waals surface area contributed by atoms with E-state index in [1.54, 1.807) is 48.5 Å². The van der Waals surface area contributed by atoms with Crippen molar-refractivity contribution in [1.29, 1.82) is 0 Å². The molecule has 2 aromatic rings. The summed E-state index contributed by atoms with van der Waals surface area (Å²) < 4.78 is 22.6. The summed E-state index contributed by atoms with van der Waals surface area (Å²) in [5.41, 5.74) is 0.506. The van der Waals surface area contributed by atoms with Gasteiger partial charge in [0.25, 0.3) is 0 Å². The molecule has 1 saturated heterocycles. The van der Waals surface area contributed by atoms with E-state index >= 15 is 0 Å². The number of hydrogen-bond donors (Lipinski definition) is 0. The third-order valence-electron chi connectivity index (χ3n) is 5.67. The molecule has 0 atom stereocenters. The second kappa shape index (κ2) is 7.44. The fourth-order valence-corrected chi connectivity index (χ4v) is 3.74. The fraction of sp³-hybridized carbons (Fsp3) is 0.333. The Morgan fingerprint density at radius 2 is 1.24 bits per heavy atom. The molecule has 0 aliphatic carbocycles. The molecule has 0 amide bonds. The third kappa shape index (κ3) is 3.80. The highest BCUT2D eigenvalue weighted by atomic mass is 16.9. The van der Waals surface area contributed by atoms with Gasteiger partial charge in [-0.2, -0.15) is 0 Å². The Morgan fingerprint density at radius 1 is 0.793 bits per heavy atom. The minimum atomic E-state index is -2.97. The van der Waals surface area contributed by atoms with Gasteiger partial charge >= 0.3 is 18.9 Å². The molecule has 0 saturated carbocycles. The Labute approximate surface area is 169 Å². The molecule has 8 heteroatoms. The average molecular weight is 397 g/mol. The van der Waals surface area contributed by atoms with Crippen molar-refractivity contribution in [2.24, 2.45) is 0 Å². The minimum absolute atomic E-state index is 0.251. The molecule has 3 heterocycles. The predicted octanol–water partition coefficient (Wildman–Crippen LogP) is 3.17. The Morgan fingerprint density at radius 3 is 1.66 bits per heavy atom. The van der Waals surface area contributed by atoms with Gasteiger partial charge in [0, 0.05) is 12.8 Å². The van der Waals surface area contributed by atoms with Gasteiger partial charge in [-0.1, -0.05) is 24.3 Å². The summed E-state index contributed by atoms with van der Waals surface area (Å²) in [5, 5.41) is 0. The first-order valence-corrected chi connectivity index (χ1v) is 9.93. The molecule has 7 nitrogen and oxygen atoms in total. The molecule has 0 N–H and O–H groups in total. The third-order valence-corrected chi connectivity index (χ3v) is 5.67. The molecule has 1 fully saturated rings. The van der Waals surface area contributed by atoms with Crippen LogP contribution in [0.3, 0.4) is 0 Å². The van der Waals surface area contributed by atoms with Crippen LogP contribution in [0.4, 0.5) is 0 Å². The molecule has 1 spiro atoms. The lowest BCUT2D eigenvalue weighted by Crippen LogP contribution is -2.61. The first-order valence-electron chi connectivity index (χ1n) is 9.93. The molecule has 2 aromatic carbocycles. The van der Waals surface area contributed by atoms with Crippen molar-refractivity contribution in [3.05, 3.63) is 59.7 Å². The maximum Gasteiger partial charge on any atom is 0.781 e.